The number of fused-ring (bicyclic) bond motifs is 1. The van der Waals surface area contributed by atoms with Gasteiger partial charge in [-0.25, -0.2) is 4.72 Å². The number of nitrogens with zero attached hydrogens (tertiary/aromatic N) is 2. The summed E-state index contributed by atoms with van der Waals surface area (Å²) in [5, 5.41) is 0. The van der Waals surface area contributed by atoms with Gasteiger partial charge in [-0.2, -0.15) is 12.7 Å². The molecule has 1 N–H and O–H groups in total. The first-order valence-electron chi connectivity index (χ1n) is 8.15. The summed E-state index contributed by atoms with van der Waals surface area (Å²) in [6.45, 7) is 2.73. The van der Waals surface area contributed by atoms with Gasteiger partial charge in [-0.05, 0) is 30.4 Å². The van der Waals surface area contributed by atoms with E-state index in [1.807, 2.05) is 23.1 Å². The molecule has 1 saturated heterocycles. The van der Waals surface area contributed by atoms with E-state index >= 15 is 0 Å². The van der Waals surface area contributed by atoms with Gasteiger partial charge in [0.2, 0.25) is 5.91 Å². The maximum absolute atomic E-state index is 12.4. The monoisotopic (exact) mass is 337 g/mol. The van der Waals surface area contributed by atoms with E-state index in [9.17, 15) is 13.2 Å². The van der Waals surface area contributed by atoms with Gasteiger partial charge in [0.1, 0.15) is 0 Å². The van der Waals surface area contributed by atoms with Crippen LogP contribution in [0.1, 0.15) is 30.4 Å². The molecule has 1 aromatic rings. The van der Waals surface area contributed by atoms with E-state index in [0.717, 1.165) is 24.9 Å². The zero-order valence-electron chi connectivity index (χ0n) is 13.2. The Hall–Kier alpha value is -1.44. The SMILES string of the molecule is O=C1CCCN1CCCNS(=O)(=O)N1CCc2ccccc2C1. The molecule has 7 heteroatoms. The Labute approximate surface area is 137 Å². The maximum atomic E-state index is 12.4. The van der Waals surface area contributed by atoms with Crippen LogP contribution in [0.25, 0.3) is 0 Å². The highest BCUT2D eigenvalue weighted by Crippen LogP contribution is 2.20. The molecule has 2 aliphatic rings. The molecule has 1 amide bonds. The number of carbonyl (C=O) groups excluding carboxylic acids is 1. The molecule has 1 fully saturated rings. The standard InChI is InChI=1S/C16H23N3O3S/c20-16-7-3-10-18(16)11-4-9-17-23(21,22)19-12-8-14-5-1-2-6-15(14)13-19/h1-2,5-6,17H,3-4,7-13H2. The van der Waals surface area contributed by atoms with Crippen molar-refractivity contribution in [2.24, 2.45) is 0 Å². The second-order valence-electron chi connectivity index (χ2n) is 6.09. The molecule has 0 aromatic heterocycles. The highest BCUT2D eigenvalue weighted by atomic mass is 32.2. The minimum atomic E-state index is -3.46. The van der Waals surface area contributed by atoms with Crippen molar-refractivity contribution in [3.8, 4) is 0 Å². The summed E-state index contributed by atoms with van der Waals surface area (Å²) in [5.41, 5.74) is 2.30. The zero-order valence-corrected chi connectivity index (χ0v) is 14.0. The minimum Gasteiger partial charge on any atom is -0.343 e. The Bertz CT molecular complexity index is 675. The van der Waals surface area contributed by atoms with E-state index < -0.39 is 10.2 Å². The fraction of sp³-hybridized carbons (Fsp3) is 0.562. The molecule has 126 valence electrons. The molecule has 6 nitrogen and oxygen atoms in total. The summed E-state index contributed by atoms with van der Waals surface area (Å²) >= 11 is 0. The van der Waals surface area contributed by atoms with Crippen LogP contribution in [-0.4, -0.2) is 49.7 Å². The number of rotatable bonds is 6. The molecule has 2 aliphatic heterocycles. The second kappa shape index (κ2) is 6.98. The van der Waals surface area contributed by atoms with Gasteiger partial charge in [-0.3, -0.25) is 4.79 Å². The van der Waals surface area contributed by atoms with Gasteiger partial charge >= 0.3 is 0 Å². The molecule has 0 spiro atoms. The van der Waals surface area contributed by atoms with Crippen LogP contribution in [0.3, 0.4) is 0 Å². The molecule has 0 bridgehead atoms. The van der Waals surface area contributed by atoms with E-state index in [1.165, 1.54) is 9.87 Å². The molecular formula is C16H23N3O3S. The van der Waals surface area contributed by atoms with Crippen LogP contribution < -0.4 is 4.72 Å². The number of benzene rings is 1. The molecule has 0 unspecified atom stereocenters. The van der Waals surface area contributed by atoms with E-state index in [-0.39, 0.29) is 5.91 Å². The largest absolute Gasteiger partial charge is 0.343 e. The molecular weight excluding hydrogens is 314 g/mol. The van der Waals surface area contributed by atoms with E-state index in [2.05, 4.69) is 10.8 Å². The molecule has 0 saturated carbocycles. The fourth-order valence-electron chi connectivity index (χ4n) is 3.18. The Morgan fingerprint density at radius 3 is 2.61 bits per heavy atom. The average molecular weight is 337 g/mol. The second-order valence-corrected chi connectivity index (χ2v) is 7.84. The van der Waals surface area contributed by atoms with Crippen LogP contribution in [-0.2, 0) is 28.0 Å². The van der Waals surface area contributed by atoms with Crippen molar-refractivity contribution in [1.29, 1.82) is 0 Å². The number of nitrogens with one attached hydrogen (secondary N) is 1. The van der Waals surface area contributed by atoms with Gasteiger partial charge in [0.05, 0.1) is 0 Å². The number of carbonyl (C=O) groups is 1. The Morgan fingerprint density at radius 1 is 1.09 bits per heavy atom. The summed E-state index contributed by atoms with van der Waals surface area (Å²) in [7, 11) is -3.46. The first-order chi connectivity index (χ1) is 11.1. The summed E-state index contributed by atoms with van der Waals surface area (Å²) in [6.07, 6.45) is 2.94. The number of likely N-dealkylation sites (tertiary alicyclic amines) is 1. The summed E-state index contributed by atoms with van der Waals surface area (Å²) in [4.78, 5) is 13.3. The first-order valence-corrected chi connectivity index (χ1v) is 9.59. The summed E-state index contributed by atoms with van der Waals surface area (Å²) in [5.74, 6) is 0.181. The third-order valence-electron chi connectivity index (χ3n) is 4.50. The molecule has 1 aromatic carbocycles. The third-order valence-corrected chi connectivity index (χ3v) is 6.06. The van der Waals surface area contributed by atoms with Crippen molar-refractivity contribution in [3.05, 3.63) is 35.4 Å². The normalized spacial score (nSPS) is 19.1. The number of hydrogen-bond acceptors (Lipinski definition) is 3. The minimum absolute atomic E-state index is 0.181. The van der Waals surface area contributed by atoms with Gasteiger partial charge in [-0.15, -0.1) is 0 Å². The van der Waals surface area contributed by atoms with Crippen molar-refractivity contribution in [3.63, 3.8) is 0 Å². The van der Waals surface area contributed by atoms with Gasteiger partial charge in [0, 0.05) is 39.1 Å². The maximum Gasteiger partial charge on any atom is 0.279 e. The predicted molar refractivity (Wildman–Crippen MR) is 87.9 cm³/mol. The molecule has 23 heavy (non-hydrogen) atoms. The van der Waals surface area contributed by atoms with Gasteiger partial charge in [-0.1, -0.05) is 24.3 Å². The third kappa shape index (κ3) is 3.91. The zero-order chi connectivity index (χ0) is 16.3. The van der Waals surface area contributed by atoms with Crippen molar-refractivity contribution in [1.82, 2.24) is 13.9 Å². The first kappa shape index (κ1) is 16.4. The van der Waals surface area contributed by atoms with Crippen molar-refractivity contribution in [2.45, 2.75) is 32.2 Å². The molecule has 3 rings (SSSR count). The molecule has 0 radical (unpaired) electrons. The molecule has 0 aliphatic carbocycles. The highest BCUT2D eigenvalue weighted by molar-refractivity contribution is 7.87. The molecule has 0 atom stereocenters. The van der Waals surface area contributed by atoms with Gasteiger partial charge in [0.25, 0.3) is 10.2 Å². The Balaban J connectivity index is 1.49. The quantitative estimate of drug-likeness (QED) is 0.784. The van der Waals surface area contributed by atoms with Gasteiger partial charge in [0.15, 0.2) is 0 Å². The Morgan fingerprint density at radius 2 is 1.87 bits per heavy atom. The Kier molecular flexibility index (Phi) is 4.99. The van der Waals surface area contributed by atoms with Crippen LogP contribution >= 0.6 is 0 Å². The van der Waals surface area contributed by atoms with Crippen LogP contribution in [0.5, 0.6) is 0 Å². The fourth-order valence-corrected chi connectivity index (χ4v) is 4.40. The molecule has 2 heterocycles. The lowest BCUT2D eigenvalue weighted by atomic mass is 10.0. The van der Waals surface area contributed by atoms with Gasteiger partial charge < -0.3 is 4.90 Å². The van der Waals surface area contributed by atoms with Crippen LogP contribution in [0.2, 0.25) is 0 Å². The number of amides is 1. The van der Waals surface area contributed by atoms with E-state index in [0.29, 0.717) is 39.0 Å². The number of hydrogen-bond donors (Lipinski definition) is 1. The summed E-state index contributed by atoms with van der Waals surface area (Å²) < 4.78 is 28.9. The highest BCUT2D eigenvalue weighted by Gasteiger charge is 2.26. The topological polar surface area (TPSA) is 69.7 Å². The van der Waals surface area contributed by atoms with Crippen molar-refractivity contribution < 1.29 is 13.2 Å². The summed E-state index contributed by atoms with van der Waals surface area (Å²) in [6, 6.07) is 7.96. The van der Waals surface area contributed by atoms with Crippen LogP contribution in [0.4, 0.5) is 0 Å². The lowest BCUT2D eigenvalue weighted by Gasteiger charge is -2.28. The van der Waals surface area contributed by atoms with Crippen molar-refractivity contribution in [2.75, 3.05) is 26.2 Å². The van der Waals surface area contributed by atoms with Crippen molar-refractivity contribution >= 4 is 16.1 Å². The average Bonchev–Trinajstić information content (AvgIpc) is 2.96. The van der Waals surface area contributed by atoms with E-state index in [1.54, 1.807) is 0 Å². The van der Waals surface area contributed by atoms with Crippen LogP contribution in [0.15, 0.2) is 24.3 Å². The predicted octanol–water partition coefficient (Wildman–Crippen LogP) is 0.892. The van der Waals surface area contributed by atoms with E-state index in [4.69, 9.17) is 0 Å². The lowest BCUT2D eigenvalue weighted by molar-refractivity contribution is -0.127. The smallest absolute Gasteiger partial charge is 0.279 e. The lowest BCUT2D eigenvalue weighted by Crippen LogP contribution is -2.44. The van der Waals surface area contributed by atoms with Crippen LogP contribution in [0, 0.1) is 0 Å².